The maximum absolute atomic E-state index is 12.2. The fraction of sp³-hybridized carbons (Fsp3) is 0.500. The first kappa shape index (κ1) is 12.9. The lowest BCUT2D eigenvalue weighted by Crippen LogP contribution is -2.44. The summed E-state index contributed by atoms with van der Waals surface area (Å²) in [4.78, 5) is 14.0. The molecular weight excluding hydrogens is 228 g/mol. The van der Waals surface area contributed by atoms with Crippen molar-refractivity contribution in [3.63, 3.8) is 0 Å². The lowest BCUT2D eigenvalue weighted by Gasteiger charge is -2.32. The van der Waals surface area contributed by atoms with Crippen LogP contribution in [0.15, 0.2) is 24.3 Å². The Morgan fingerprint density at radius 3 is 2.89 bits per heavy atom. The van der Waals surface area contributed by atoms with Crippen molar-refractivity contribution in [2.24, 2.45) is 5.92 Å². The molecule has 4 heteroatoms. The standard InChI is InChI=1S/C14H20N2O2/c1-10-9-16(3)14(17)11-6-4-5-7-12(11)18-13(10)8-15-2/h4-7,10,13,15H,8-9H2,1-3H3/t10-,13-/m1/s1. The van der Waals surface area contributed by atoms with E-state index < -0.39 is 0 Å². The van der Waals surface area contributed by atoms with Gasteiger partial charge in [-0.2, -0.15) is 0 Å². The molecule has 2 rings (SSSR count). The van der Waals surface area contributed by atoms with Gasteiger partial charge in [-0.05, 0) is 19.2 Å². The predicted octanol–water partition coefficient (Wildman–Crippen LogP) is 1.38. The fourth-order valence-electron chi connectivity index (χ4n) is 2.31. The Bertz CT molecular complexity index is 434. The SMILES string of the molecule is CNC[C@H]1Oc2ccccc2C(=O)N(C)C[C@H]1C. The molecule has 1 N–H and O–H groups in total. The van der Waals surface area contributed by atoms with E-state index in [0.717, 1.165) is 6.54 Å². The van der Waals surface area contributed by atoms with Crippen LogP contribution in [0.3, 0.4) is 0 Å². The maximum Gasteiger partial charge on any atom is 0.257 e. The molecule has 0 aromatic heterocycles. The van der Waals surface area contributed by atoms with Crippen LogP contribution < -0.4 is 10.1 Å². The first-order valence-electron chi connectivity index (χ1n) is 6.29. The Morgan fingerprint density at radius 1 is 1.44 bits per heavy atom. The second-order valence-electron chi connectivity index (χ2n) is 4.87. The number of rotatable bonds is 2. The molecule has 0 aliphatic carbocycles. The molecule has 18 heavy (non-hydrogen) atoms. The Labute approximate surface area is 108 Å². The van der Waals surface area contributed by atoms with E-state index in [1.165, 1.54) is 0 Å². The van der Waals surface area contributed by atoms with Crippen molar-refractivity contribution in [2.45, 2.75) is 13.0 Å². The van der Waals surface area contributed by atoms with Gasteiger partial charge in [0.15, 0.2) is 0 Å². The Balaban J connectivity index is 2.36. The summed E-state index contributed by atoms with van der Waals surface area (Å²) in [6.45, 7) is 3.59. The van der Waals surface area contributed by atoms with Gasteiger partial charge in [-0.25, -0.2) is 0 Å². The second-order valence-corrected chi connectivity index (χ2v) is 4.87. The third-order valence-corrected chi connectivity index (χ3v) is 3.34. The quantitative estimate of drug-likeness (QED) is 0.859. The molecule has 0 fully saturated rings. The highest BCUT2D eigenvalue weighted by Crippen LogP contribution is 2.25. The van der Waals surface area contributed by atoms with Crippen LogP contribution in [0.1, 0.15) is 17.3 Å². The molecule has 0 bridgehead atoms. The summed E-state index contributed by atoms with van der Waals surface area (Å²) in [6, 6.07) is 7.45. The number of nitrogens with one attached hydrogen (secondary N) is 1. The Hall–Kier alpha value is -1.55. The van der Waals surface area contributed by atoms with Crippen molar-refractivity contribution >= 4 is 5.91 Å². The largest absolute Gasteiger partial charge is 0.488 e. The zero-order valence-corrected chi connectivity index (χ0v) is 11.1. The molecule has 2 atom stereocenters. The van der Waals surface area contributed by atoms with E-state index in [-0.39, 0.29) is 12.0 Å². The normalized spacial score (nSPS) is 23.9. The van der Waals surface area contributed by atoms with Crippen LogP contribution in [0, 0.1) is 5.92 Å². The van der Waals surface area contributed by atoms with E-state index in [2.05, 4.69) is 12.2 Å². The number of hydrogen-bond donors (Lipinski definition) is 1. The van der Waals surface area contributed by atoms with Crippen molar-refractivity contribution < 1.29 is 9.53 Å². The second kappa shape index (κ2) is 5.40. The number of para-hydroxylation sites is 1. The van der Waals surface area contributed by atoms with Gasteiger partial charge in [-0.1, -0.05) is 19.1 Å². The van der Waals surface area contributed by atoms with Crippen LogP contribution >= 0.6 is 0 Å². The minimum Gasteiger partial charge on any atom is -0.488 e. The minimum atomic E-state index is 0.0281. The van der Waals surface area contributed by atoms with Crippen LogP contribution in [-0.4, -0.2) is 44.1 Å². The van der Waals surface area contributed by atoms with Gasteiger partial charge < -0.3 is 15.0 Å². The van der Waals surface area contributed by atoms with Gasteiger partial charge in [-0.15, -0.1) is 0 Å². The van der Waals surface area contributed by atoms with Gasteiger partial charge in [0.2, 0.25) is 0 Å². The van der Waals surface area contributed by atoms with Gasteiger partial charge in [-0.3, -0.25) is 4.79 Å². The van der Waals surface area contributed by atoms with Crippen LogP contribution in [0.25, 0.3) is 0 Å². The van der Waals surface area contributed by atoms with Crippen LogP contribution in [-0.2, 0) is 0 Å². The van der Waals surface area contributed by atoms with E-state index in [9.17, 15) is 4.79 Å². The number of ether oxygens (including phenoxy) is 1. The van der Waals surface area contributed by atoms with Crippen molar-refractivity contribution in [1.29, 1.82) is 0 Å². The number of fused-ring (bicyclic) bond motifs is 1. The van der Waals surface area contributed by atoms with Gasteiger partial charge in [0, 0.05) is 26.1 Å². The van der Waals surface area contributed by atoms with E-state index >= 15 is 0 Å². The number of hydrogen-bond acceptors (Lipinski definition) is 3. The number of amides is 1. The highest BCUT2D eigenvalue weighted by atomic mass is 16.5. The first-order chi connectivity index (χ1) is 8.63. The molecule has 0 saturated heterocycles. The molecule has 1 heterocycles. The zero-order valence-electron chi connectivity index (χ0n) is 11.1. The summed E-state index contributed by atoms with van der Waals surface area (Å²) >= 11 is 0. The molecule has 0 spiro atoms. The smallest absolute Gasteiger partial charge is 0.257 e. The monoisotopic (exact) mass is 248 g/mol. The van der Waals surface area contributed by atoms with Crippen LogP contribution in [0.2, 0.25) is 0 Å². The van der Waals surface area contributed by atoms with Gasteiger partial charge in [0.25, 0.3) is 5.91 Å². The van der Waals surface area contributed by atoms with Crippen molar-refractivity contribution in [1.82, 2.24) is 10.2 Å². The average Bonchev–Trinajstić information content (AvgIpc) is 2.37. The third-order valence-electron chi connectivity index (χ3n) is 3.34. The molecule has 0 unspecified atom stereocenters. The number of carbonyl (C=O) groups excluding carboxylic acids is 1. The van der Waals surface area contributed by atoms with E-state index in [4.69, 9.17) is 4.74 Å². The van der Waals surface area contributed by atoms with E-state index in [1.807, 2.05) is 38.4 Å². The number of carbonyl (C=O) groups is 1. The summed E-state index contributed by atoms with van der Waals surface area (Å²) < 4.78 is 6.00. The maximum atomic E-state index is 12.2. The molecule has 0 radical (unpaired) electrons. The first-order valence-corrected chi connectivity index (χ1v) is 6.29. The average molecular weight is 248 g/mol. The van der Waals surface area contributed by atoms with Crippen LogP contribution in [0.5, 0.6) is 5.75 Å². The summed E-state index contributed by atoms with van der Waals surface area (Å²) in [7, 11) is 3.76. The van der Waals surface area contributed by atoms with E-state index in [1.54, 1.807) is 4.90 Å². The lowest BCUT2D eigenvalue weighted by molar-refractivity contribution is 0.0637. The highest BCUT2D eigenvalue weighted by Gasteiger charge is 2.28. The van der Waals surface area contributed by atoms with Gasteiger partial charge >= 0.3 is 0 Å². The molecular formula is C14H20N2O2. The zero-order chi connectivity index (χ0) is 13.1. The molecule has 0 saturated carbocycles. The molecule has 1 aliphatic rings. The predicted molar refractivity (Wildman–Crippen MR) is 70.9 cm³/mol. The number of benzene rings is 1. The lowest BCUT2D eigenvalue weighted by atomic mass is 10.0. The molecule has 1 aliphatic heterocycles. The molecule has 1 amide bonds. The van der Waals surface area contributed by atoms with Gasteiger partial charge in [0.1, 0.15) is 11.9 Å². The van der Waals surface area contributed by atoms with E-state index in [0.29, 0.717) is 23.8 Å². The summed E-state index contributed by atoms with van der Waals surface area (Å²) in [5, 5.41) is 3.14. The topological polar surface area (TPSA) is 41.6 Å². The molecule has 1 aromatic carbocycles. The van der Waals surface area contributed by atoms with Gasteiger partial charge in [0.05, 0.1) is 5.56 Å². The molecule has 4 nitrogen and oxygen atoms in total. The molecule has 98 valence electrons. The summed E-state index contributed by atoms with van der Waals surface area (Å²) in [5.74, 6) is 1.00. The fourth-order valence-corrected chi connectivity index (χ4v) is 2.31. The molecule has 1 aromatic rings. The van der Waals surface area contributed by atoms with Crippen molar-refractivity contribution in [3.8, 4) is 5.75 Å². The minimum absolute atomic E-state index is 0.0281. The Kier molecular flexibility index (Phi) is 3.87. The summed E-state index contributed by atoms with van der Waals surface area (Å²) in [6.07, 6.45) is 0.0756. The van der Waals surface area contributed by atoms with Crippen LogP contribution in [0.4, 0.5) is 0 Å². The Morgan fingerprint density at radius 2 is 2.17 bits per heavy atom. The number of likely N-dealkylation sites (N-methyl/N-ethyl adjacent to an activating group) is 1. The third kappa shape index (κ3) is 2.48. The van der Waals surface area contributed by atoms with Crippen molar-refractivity contribution in [2.75, 3.05) is 27.2 Å². The number of nitrogens with zero attached hydrogens (tertiary/aromatic N) is 1. The highest BCUT2D eigenvalue weighted by molar-refractivity contribution is 5.96. The summed E-state index contributed by atoms with van der Waals surface area (Å²) in [5.41, 5.74) is 0.646. The van der Waals surface area contributed by atoms with Crippen molar-refractivity contribution in [3.05, 3.63) is 29.8 Å².